The monoisotopic (exact) mass is 458 g/mol. The summed E-state index contributed by atoms with van der Waals surface area (Å²) in [7, 11) is 6.30. The summed E-state index contributed by atoms with van der Waals surface area (Å²) in [5.74, 6) is 2.19. The fourth-order valence-corrected chi connectivity index (χ4v) is 3.82. The lowest BCUT2D eigenvalue weighted by Crippen LogP contribution is -2.15. The maximum atomic E-state index is 12.4. The molecule has 10 heteroatoms. The molecule has 170 valence electrons. The van der Waals surface area contributed by atoms with E-state index in [1.165, 1.54) is 11.8 Å². The van der Waals surface area contributed by atoms with E-state index in [0.29, 0.717) is 41.4 Å². The highest BCUT2D eigenvalue weighted by molar-refractivity contribution is 7.99. The molecule has 0 aliphatic rings. The van der Waals surface area contributed by atoms with Gasteiger partial charge in [-0.3, -0.25) is 9.36 Å². The predicted octanol–water partition coefficient (Wildman–Crippen LogP) is 3.35. The van der Waals surface area contributed by atoms with Gasteiger partial charge in [-0.15, -0.1) is 10.2 Å². The van der Waals surface area contributed by atoms with Gasteiger partial charge >= 0.3 is 0 Å². The van der Waals surface area contributed by atoms with E-state index in [1.807, 2.05) is 47.0 Å². The minimum absolute atomic E-state index is 0.128. The second-order valence-corrected chi connectivity index (χ2v) is 7.51. The Morgan fingerprint density at radius 3 is 2.28 bits per heavy atom. The van der Waals surface area contributed by atoms with Crippen LogP contribution in [0.2, 0.25) is 0 Å². The highest BCUT2D eigenvalue weighted by atomic mass is 32.2. The standard InChI is InChI=1S/C22H26N4O5S/c1-28-11-10-26-21(15-12-17(29-2)20(31-4)18(13-15)30-3)24-25-22(26)32-14-19(27)23-16-8-6-5-7-9-16/h5-9,12-13H,10-11,14H2,1-4H3,(H,23,27). The summed E-state index contributed by atoms with van der Waals surface area (Å²) in [4.78, 5) is 12.4. The summed E-state index contributed by atoms with van der Waals surface area (Å²) in [6.45, 7) is 0.970. The molecule has 1 heterocycles. The van der Waals surface area contributed by atoms with E-state index in [4.69, 9.17) is 18.9 Å². The van der Waals surface area contributed by atoms with Crippen LogP contribution >= 0.6 is 11.8 Å². The first-order valence-corrected chi connectivity index (χ1v) is 10.8. The van der Waals surface area contributed by atoms with E-state index in [1.54, 1.807) is 28.4 Å². The van der Waals surface area contributed by atoms with E-state index in [2.05, 4.69) is 15.5 Å². The molecule has 0 radical (unpaired) electrons. The summed E-state index contributed by atoms with van der Waals surface area (Å²) in [6, 6.07) is 12.9. The molecule has 32 heavy (non-hydrogen) atoms. The maximum Gasteiger partial charge on any atom is 0.234 e. The molecule has 1 amide bonds. The largest absolute Gasteiger partial charge is 0.493 e. The van der Waals surface area contributed by atoms with Crippen LogP contribution in [0.5, 0.6) is 17.2 Å². The number of carbonyl (C=O) groups is 1. The highest BCUT2D eigenvalue weighted by Gasteiger charge is 2.20. The lowest BCUT2D eigenvalue weighted by atomic mass is 10.1. The molecule has 0 saturated heterocycles. The van der Waals surface area contributed by atoms with E-state index in [-0.39, 0.29) is 11.7 Å². The summed E-state index contributed by atoms with van der Waals surface area (Å²) < 4.78 is 23.5. The highest BCUT2D eigenvalue weighted by Crippen LogP contribution is 2.41. The molecule has 2 aromatic carbocycles. The Morgan fingerprint density at radius 2 is 1.69 bits per heavy atom. The topological polar surface area (TPSA) is 96.7 Å². The minimum atomic E-state index is -0.128. The Kier molecular flexibility index (Phi) is 8.34. The first-order valence-electron chi connectivity index (χ1n) is 9.81. The number of benzene rings is 2. The maximum absolute atomic E-state index is 12.4. The first-order chi connectivity index (χ1) is 15.6. The van der Waals surface area contributed by atoms with Gasteiger partial charge in [-0.25, -0.2) is 0 Å². The van der Waals surface area contributed by atoms with E-state index in [9.17, 15) is 4.79 Å². The zero-order valence-corrected chi connectivity index (χ0v) is 19.3. The van der Waals surface area contributed by atoms with Crippen molar-refractivity contribution in [3.8, 4) is 28.6 Å². The predicted molar refractivity (Wildman–Crippen MR) is 123 cm³/mol. The van der Waals surface area contributed by atoms with Gasteiger partial charge in [0.2, 0.25) is 11.7 Å². The van der Waals surface area contributed by atoms with Crippen LogP contribution in [0.3, 0.4) is 0 Å². The van der Waals surface area contributed by atoms with Crippen LogP contribution in [-0.2, 0) is 16.1 Å². The van der Waals surface area contributed by atoms with Gasteiger partial charge in [-0.2, -0.15) is 0 Å². The first kappa shape index (κ1) is 23.4. The van der Waals surface area contributed by atoms with Crippen LogP contribution in [0.1, 0.15) is 0 Å². The Morgan fingerprint density at radius 1 is 1.00 bits per heavy atom. The number of aromatic nitrogens is 3. The van der Waals surface area contributed by atoms with Gasteiger partial charge in [0.25, 0.3) is 0 Å². The molecule has 0 saturated carbocycles. The molecular formula is C22H26N4O5S. The molecule has 1 aromatic heterocycles. The smallest absolute Gasteiger partial charge is 0.234 e. The molecule has 0 atom stereocenters. The van der Waals surface area contributed by atoms with Crippen molar-refractivity contribution < 1.29 is 23.7 Å². The molecule has 1 N–H and O–H groups in total. The van der Waals surface area contributed by atoms with Crippen molar-refractivity contribution in [1.82, 2.24) is 14.8 Å². The average molecular weight is 459 g/mol. The fourth-order valence-electron chi connectivity index (χ4n) is 3.05. The number of thioether (sulfide) groups is 1. The average Bonchev–Trinajstić information content (AvgIpc) is 3.23. The summed E-state index contributed by atoms with van der Waals surface area (Å²) >= 11 is 1.30. The lowest BCUT2D eigenvalue weighted by Gasteiger charge is -2.15. The normalized spacial score (nSPS) is 10.6. The third-order valence-corrected chi connectivity index (χ3v) is 5.52. The van der Waals surface area contributed by atoms with Gasteiger partial charge in [0, 0.05) is 18.4 Å². The van der Waals surface area contributed by atoms with Crippen molar-refractivity contribution >= 4 is 23.4 Å². The number of carbonyl (C=O) groups excluding carboxylic acids is 1. The number of ether oxygens (including phenoxy) is 4. The lowest BCUT2D eigenvalue weighted by molar-refractivity contribution is -0.113. The van der Waals surface area contributed by atoms with E-state index < -0.39 is 0 Å². The van der Waals surface area contributed by atoms with Crippen LogP contribution in [0, 0.1) is 0 Å². The van der Waals surface area contributed by atoms with Gasteiger partial charge < -0.3 is 24.3 Å². The second kappa shape index (κ2) is 11.4. The number of hydrogen-bond acceptors (Lipinski definition) is 8. The van der Waals surface area contributed by atoms with Crippen LogP contribution in [0.4, 0.5) is 5.69 Å². The number of amides is 1. The quantitative estimate of drug-likeness (QED) is 0.437. The van der Waals surface area contributed by atoms with Crippen molar-refractivity contribution in [2.75, 3.05) is 46.1 Å². The molecule has 9 nitrogen and oxygen atoms in total. The number of nitrogens with one attached hydrogen (secondary N) is 1. The zero-order valence-electron chi connectivity index (χ0n) is 18.5. The third kappa shape index (κ3) is 5.51. The Hall–Kier alpha value is -3.24. The number of para-hydroxylation sites is 1. The van der Waals surface area contributed by atoms with Gasteiger partial charge in [0.15, 0.2) is 22.5 Å². The molecule has 3 aromatic rings. The van der Waals surface area contributed by atoms with Gasteiger partial charge in [0.05, 0.1) is 40.2 Å². The SMILES string of the molecule is COCCn1c(SCC(=O)Nc2ccccc2)nnc1-c1cc(OC)c(OC)c(OC)c1. The fraction of sp³-hybridized carbons (Fsp3) is 0.318. The van der Waals surface area contributed by atoms with Crippen LogP contribution in [0.15, 0.2) is 47.6 Å². The Bertz CT molecular complexity index is 1020. The summed E-state index contributed by atoms with van der Waals surface area (Å²) in [5.41, 5.74) is 1.49. The number of anilines is 1. The van der Waals surface area contributed by atoms with Crippen molar-refractivity contribution in [2.45, 2.75) is 11.7 Å². The van der Waals surface area contributed by atoms with Gasteiger partial charge in [-0.1, -0.05) is 30.0 Å². The number of methoxy groups -OCH3 is 4. The molecule has 0 aliphatic heterocycles. The van der Waals surface area contributed by atoms with Gasteiger partial charge in [-0.05, 0) is 24.3 Å². The number of nitrogens with zero attached hydrogens (tertiary/aromatic N) is 3. The summed E-state index contributed by atoms with van der Waals surface area (Å²) in [6.07, 6.45) is 0. The van der Waals surface area contributed by atoms with Crippen molar-refractivity contribution in [3.63, 3.8) is 0 Å². The van der Waals surface area contributed by atoms with Crippen molar-refractivity contribution in [1.29, 1.82) is 0 Å². The second-order valence-electron chi connectivity index (χ2n) is 6.57. The number of rotatable bonds is 11. The number of hydrogen-bond donors (Lipinski definition) is 1. The molecule has 0 aliphatic carbocycles. The Labute approximate surface area is 191 Å². The van der Waals surface area contributed by atoms with Crippen LogP contribution < -0.4 is 19.5 Å². The van der Waals surface area contributed by atoms with Crippen molar-refractivity contribution in [2.24, 2.45) is 0 Å². The van der Waals surface area contributed by atoms with Crippen molar-refractivity contribution in [3.05, 3.63) is 42.5 Å². The summed E-state index contributed by atoms with van der Waals surface area (Å²) in [5, 5.41) is 12.1. The van der Waals surface area contributed by atoms with E-state index >= 15 is 0 Å². The molecule has 0 bridgehead atoms. The molecule has 0 unspecified atom stereocenters. The Balaban J connectivity index is 1.86. The molecule has 3 rings (SSSR count). The van der Waals surface area contributed by atoms with Crippen LogP contribution in [-0.4, -0.2) is 61.5 Å². The third-order valence-electron chi connectivity index (χ3n) is 4.55. The van der Waals surface area contributed by atoms with E-state index in [0.717, 1.165) is 11.3 Å². The van der Waals surface area contributed by atoms with Crippen LogP contribution in [0.25, 0.3) is 11.4 Å². The molecular weight excluding hydrogens is 432 g/mol. The molecule has 0 fully saturated rings. The van der Waals surface area contributed by atoms with Gasteiger partial charge in [0.1, 0.15) is 0 Å². The molecule has 0 spiro atoms. The zero-order chi connectivity index (χ0) is 22.9. The minimum Gasteiger partial charge on any atom is -0.493 e.